The Morgan fingerprint density at radius 1 is 1.59 bits per heavy atom. The number of hydrogen-bond donors (Lipinski definition) is 0. The van der Waals surface area contributed by atoms with Gasteiger partial charge in [0.25, 0.3) is 5.91 Å². The van der Waals surface area contributed by atoms with Crippen LogP contribution in [0.4, 0.5) is 0 Å². The monoisotopic (exact) mass is 231 g/mol. The second-order valence-corrected chi connectivity index (χ2v) is 4.45. The largest absolute Gasteiger partial charge is 0.456 e. The minimum absolute atomic E-state index is 0.0884. The number of rotatable bonds is 5. The minimum Gasteiger partial charge on any atom is -0.456 e. The summed E-state index contributed by atoms with van der Waals surface area (Å²) in [7, 11) is 0. The highest BCUT2D eigenvalue weighted by molar-refractivity contribution is 5.91. The van der Waals surface area contributed by atoms with Gasteiger partial charge < -0.3 is 9.32 Å². The lowest BCUT2D eigenvalue weighted by atomic mass is 10.3. The van der Waals surface area contributed by atoms with E-state index in [1.165, 1.54) is 12.8 Å². The number of nitrogens with zero attached hydrogens (tertiary/aromatic N) is 1. The molecule has 0 saturated heterocycles. The zero-order valence-corrected chi connectivity index (χ0v) is 10.1. The number of hydrogen-bond acceptors (Lipinski definition) is 2. The van der Waals surface area contributed by atoms with E-state index in [9.17, 15) is 4.79 Å². The van der Waals surface area contributed by atoms with Crippen molar-refractivity contribution in [1.29, 1.82) is 0 Å². The summed E-state index contributed by atoms with van der Waals surface area (Å²) in [6.45, 7) is 3.11. The summed E-state index contributed by atoms with van der Waals surface area (Å²) in [6, 6.07) is 3.58. The van der Waals surface area contributed by atoms with E-state index in [0.29, 0.717) is 18.2 Å². The Balaban J connectivity index is 2.06. The first-order valence-corrected chi connectivity index (χ1v) is 6.06. The lowest BCUT2D eigenvalue weighted by Crippen LogP contribution is -2.33. The first kappa shape index (κ1) is 11.8. The van der Waals surface area contributed by atoms with Crippen molar-refractivity contribution in [2.24, 2.45) is 5.92 Å². The molecule has 1 heterocycles. The van der Waals surface area contributed by atoms with Crippen molar-refractivity contribution < 1.29 is 9.21 Å². The minimum atomic E-state index is -0.0884. The molecule has 1 amide bonds. The van der Waals surface area contributed by atoms with Crippen molar-refractivity contribution in [3.63, 3.8) is 0 Å². The van der Waals surface area contributed by atoms with E-state index in [2.05, 4.69) is 5.92 Å². The zero-order valence-electron chi connectivity index (χ0n) is 10.1. The average molecular weight is 231 g/mol. The molecule has 1 aliphatic rings. The van der Waals surface area contributed by atoms with Crippen LogP contribution in [0.5, 0.6) is 0 Å². The maximum Gasteiger partial charge on any atom is 0.290 e. The van der Waals surface area contributed by atoms with Crippen molar-refractivity contribution in [1.82, 2.24) is 4.90 Å². The predicted molar refractivity (Wildman–Crippen MR) is 65.5 cm³/mol. The number of carbonyl (C=O) groups excluding carboxylic acids is 1. The maximum absolute atomic E-state index is 12.2. The molecular formula is C14H17NO2. The molecule has 1 aromatic heterocycles. The van der Waals surface area contributed by atoms with Crippen LogP contribution in [-0.2, 0) is 6.42 Å². The van der Waals surface area contributed by atoms with Crippen LogP contribution in [0.3, 0.4) is 0 Å². The van der Waals surface area contributed by atoms with Crippen LogP contribution >= 0.6 is 0 Å². The van der Waals surface area contributed by atoms with Gasteiger partial charge >= 0.3 is 0 Å². The summed E-state index contributed by atoms with van der Waals surface area (Å²) < 4.78 is 5.46. The van der Waals surface area contributed by atoms with E-state index in [1.54, 1.807) is 11.0 Å². The fourth-order valence-corrected chi connectivity index (χ4v) is 1.78. The molecule has 2 rings (SSSR count). The molecule has 0 spiro atoms. The molecule has 1 saturated carbocycles. The van der Waals surface area contributed by atoms with E-state index in [0.717, 1.165) is 18.7 Å². The third-order valence-corrected chi connectivity index (χ3v) is 2.97. The summed E-state index contributed by atoms with van der Waals surface area (Å²) in [5.74, 6) is 4.31. The highest BCUT2D eigenvalue weighted by atomic mass is 16.4. The van der Waals surface area contributed by atoms with Crippen LogP contribution in [-0.4, -0.2) is 23.9 Å². The molecule has 0 aliphatic heterocycles. The van der Waals surface area contributed by atoms with Crippen LogP contribution in [0.2, 0.25) is 0 Å². The molecule has 3 nitrogen and oxygen atoms in total. The van der Waals surface area contributed by atoms with Crippen LogP contribution in [0.25, 0.3) is 0 Å². The van der Waals surface area contributed by atoms with Crippen LogP contribution in [0.15, 0.2) is 16.5 Å². The molecule has 0 radical (unpaired) electrons. The van der Waals surface area contributed by atoms with Crippen molar-refractivity contribution in [3.05, 3.63) is 23.7 Å². The number of amides is 1. The standard InChI is InChI=1S/C14H17NO2/c1-3-9-15(10-11-5-6-11)14(16)13-8-7-12(4-2)17-13/h1,7-8,11H,4-6,9-10H2,2H3. The van der Waals surface area contributed by atoms with Gasteiger partial charge in [0.05, 0.1) is 6.54 Å². The van der Waals surface area contributed by atoms with Crippen LogP contribution in [0, 0.1) is 18.3 Å². The van der Waals surface area contributed by atoms with Gasteiger partial charge in [0.15, 0.2) is 5.76 Å². The van der Waals surface area contributed by atoms with Gasteiger partial charge in [-0.3, -0.25) is 4.79 Å². The Kier molecular flexibility index (Phi) is 3.53. The van der Waals surface area contributed by atoms with Crippen LogP contribution in [0.1, 0.15) is 36.1 Å². The molecule has 1 aromatic rings. The first-order valence-electron chi connectivity index (χ1n) is 6.06. The molecular weight excluding hydrogens is 214 g/mol. The van der Waals surface area contributed by atoms with Gasteiger partial charge in [-0.15, -0.1) is 6.42 Å². The van der Waals surface area contributed by atoms with Crippen molar-refractivity contribution >= 4 is 5.91 Å². The highest BCUT2D eigenvalue weighted by Crippen LogP contribution is 2.30. The normalized spacial score (nSPS) is 14.4. The zero-order chi connectivity index (χ0) is 12.3. The lowest BCUT2D eigenvalue weighted by molar-refractivity contribution is 0.0736. The molecule has 0 unspecified atom stereocenters. The third kappa shape index (κ3) is 2.91. The van der Waals surface area contributed by atoms with Crippen molar-refractivity contribution in [2.45, 2.75) is 26.2 Å². The molecule has 0 atom stereocenters. The first-order chi connectivity index (χ1) is 8.24. The quantitative estimate of drug-likeness (QED) is 0.729. The molecule has 90 valence electrons. The molecule has 0 bridgehead atoms. The van der Waals surface area contributed by atoms with Gasteiger partial charge in [0.2, 0.25) is 0 Å². The molecule has 17 heavy (non-hydrogen) atoms. The Morgan fingerprint density at radius 3 is 2.88 bits per heavy atom. The molecule has 0 N–H and O–H groups in total. The lowest BCUT2D eigenvalue weighted by Gasteiger charge is -2.18. The molecule has 3 heteroatoms. The molecule has 1 aliphatic carbocycles. The summed E-state index contributed by atoms with van der Waals surface area (Å²) in [4.78, 5) is 13.9. The Hall–Kier alpha value is -1.69. The van der Waals surface area contributed by atoms with Gasteiger partial charge in [0, 0.05) is 13.0 Å². The third-order valence-electron chi connectivity index (χ3n) is 2.97. The smallest absolute Gasteiger partial charge is 0.290 e. The van der Waals surface area contributed by atoms with Crippen molar-refractivity contribution in [2.75, 3.05) is 13.1 Å². The van der Waals surface area contributed by atoms with Gasteiger partial charge in [-0.25, -0.2) is 0 Å². The van der Waals surface area contributed by atoms with E-state index < -0.39 is 0 Å². The Bertz CT molecular complexity index is 437. The Morgan fingerprint density at radius 2 is 2.35 bits per heavy atom. The maximum atomic E-state index is 12.2. The van der Waals surface area contributed by atoms with E-state index >= 15 is 0 Å². The summed E-state index contributed by atoms with van der Waals surface area (Å²) in [5, 5.41) is 0. The summed E-state index contributed by atoms with van der Waals surface area (Å²) in [6.07, 6.45) is 8.50. The number of furan rings is 1. The SMILES string of the molecule is C#CCN(CC1CC1)C(=O)c1ccc(CC)o1. The van der Waals surface area contributed by atoms with Gasteiger partial charge in [0.1, 0.15) is 5.76 Å². The van der Waals surface area contributed by atoms with Crippen molar-refractivity contribution in [3.8, 4) is 12.3 Å². The number of terminal acetylenes is 1. The second kappa shape index (κ2) is 5.09. The highest BCUT2D eigenvalue weighted by Gasteiger charge is 2.27. The number of carbonyl (C=O) groups is 1. The second-order valence-electron chi connectivity index (χ2n) is 4.45. The topological polar surface area (TPSA) is 33.5 Å². The summed E-state index contributed by atoms with van der Waals surface area (Å²) in [5.41, 5.74) is 0. The fourth-order valence-electron chi connectivity index (χ4n) is 1.78. The van der Waals surface area contributed by atoms with E-state index in [-0.39, 0.29) is 5.91 Å². The predicted octanol–water partition coefficient (Wildman–Crippen LogP) is 2.33. The molecule has 1 fully saturated rings. The fraction of sp³-hybridized carbons (Fsp3) is 0.500. The van der Waals surface area contributed by atoms with Crippen LogP contribution < -0.4 is 0 Å². The van der Waals surface area contributed by atoms with E-state index in [1.807, 2.05) is 13.0 Å². The van der Waals surface area contributed by atoms with Gasteiger partial charge in [-0.1, -0.05) is 12.8 Å². The Labute approximate surface area is 102 Å². The number of aryl methyl sites for hydroxylation is 1. The molecule has 0 aromatic carbocycles. The summed E-state index contributed by atoms with van der Waals surface area (Å²) >= 11 is 0. The van der Waals surface area contributed by atoms with Gasteiger partial charge in [-0.2, -0.15) is 0 Å². The van der Waals surface area contributed by atoms with Gasteiger partial charge in [-0.05, 0) is 30.9 Å². The van der Waals surface area contributed by atoms with E-state index in [4.69, 9.17) is 10.8 Å². The average Bonchev–Trinajstić information content (AvgIpc) is 3.02.